The number of amides is 3. The molecular weight excluding hydrogens is 1240 g/mol. The van der Waals surface area contributed by atoms with Gasteiger partial charge in [0.25, 0.3) is 0 Å². The lowest BCUT2D eigenvalue weighted by Crippen LogP contribution is -2.71. The topological polar surface area (TPSA) is 400 Å². The van der Waals surface area contributed by atoms with Crippen LogP contribution < -0.4 is 16.0 Å². The van der Waals surface area contributed by atoms with Gasteiger partial charge in [0, 0.05) is 41.2 Å². The molecule has 0 bridgehead atoms. The van der Waals surface area contributed by atoms with Crippen LogP contribution >= 0.6 is 0 Å². The van der Waals surface area contributed by atoms with Crippen molar-refractivity contribution in [3.05, 3.63) is 144 Å². The van der Waals surface area contributed by atoms with Gasteiger partial charge in [-0.05, 0) is 42.0 Å². The molecule has 0 radical (unpaired) electrons. The number of hydrogen-bond donors (Lipinski definition) is 4. The van der Waals surface area contributed by atoms with Gasteiger partial charge in [0.05, 0.1) is 37.0 Å². The number of rotatable bonds is 26. The van der Waals surface area contributed by atoms with E-state index in [0.29, 0.717) is 5.56 Å². The first-order valence-electron chi connectivity index (χ1n) is 28.2. The Labute approximate surface area is 526 Å². The number of esters is 7. The smallest absolute Gasteiger partial charge is 0.407 e. The molecule has 0 spiro atoms. The summed E-state index contributed by atoms with van der Waals surface area (Å²) in [5, 5.41) is 7.58. The number of hydrogen-bond acceptors (Lipinski definition) is 27. The number of nitrogens with one attached hydrogen (secondary N) is 3. The summed E-state index contributed by atoms with van der Waals surface area (Å²) in [5.41, 5.74) is 0.181. The number of benzene rings is 4. The molecule has 0 aliphatic carbocycles. The minimum absolute atomic E-state index is 0.124. The van der Waals surface area contributed by atoms with E-state index < -0.39 is 182 Å². The molecular formula is C60H67N3O28S. The number of methoxy groups -OCH3 is 1. The van der Waals surface area contributed by atoms with Crippen LogP contribution in [-0.2, 0) is 116 Å². The molecule has 7 rings (SSSR count). The monoisotopic (exact) mass is 1310 g/mol. The minimum atomic E-state index is -5.38. The lowest BCUT2D eigenvalue weighted by molar-refractivity contribution is -0.359. The van der Waals surface area contributed by atoms with E-state index in [2.05, 4.69) is 16.0 Å². The molecule has 92 heavy (non-hydrogen) atoms. The molecule has 4 aromatic rings. The molecule has 496 valence electrons. The molecule has 3 aliphatic heterocycles. The summed E-state index contributed by atoms with van der Waals surface area (Å²) in [6.07, 6.45) is -27.7. The van der Waals surface area contributed by atoms with Crippen molar-refractivity contribution in [1.82, 2.24) is 16.0 Å². The summed E-state index contributed by atoms with van der Waals surface area (Å²) in [5.74, 6) is -9.56. The van der Waals surface area contributed by atoms with Gasteiger partial charge in [-0.15, -0.1) is 0 Å². The zero-order valence-electron chi connectivity index (χ0n) is 50.1. The molecule has 3 saturated heterocycles. The second-order valence-electron chi connectivity index (χ2n) is 20.4. The second-order valence-corrected chi connectivity index (χ2v) is 21.5. The molecule has 3 aliphatic rings. The van der Waals surface area contributed by atoms with Crippen LogP contribution in [0.4, 0.5) is 4.79 Å². The predicted octanol–water partition coefficient (Wildman–Crippen LogP) is 1.98. The standard InChI is InChI=1S/C60H67N3O28S/c1-32(64)62-43-48(46(86-53(69)38-21-13-8-14-22-38)42(31-81-92(74,75)76)84-57(43)78-28-27-61-60(73)80-29-37-19-11-7-12-20-37)89-59-52(88-55(71)40-25-17-10-18-26-40)50(87-54(70)39-23-15-9-16-24-39)49(51(91-59)56(72)77-6)90-58-44(63-33(2)65)47(83-36(5)68)45(82-35(4)67)41(85-58)30-79-34(3)66/h7-26,41-52,57-59H,27-31H2,1-6H3,(H,61,73)(H,62,64)(H,63,65)(H,74,75,76)/t41-,42-,43-,44-,45+,46+,47-,48-,49+,50+,51+,52-,57-,58+,59-/m1/s1. The van der Waals surface area contributed by atoms with E-state index in [0.717, 1.165) is 41.7 Å². The van der Waals surface area contributed by atoms with E-state index in [4.69, 9.17) is 70.5 Å². The Morgan fingerprint density at radius 3 is 1.45 bits per heavy atom. The fourth-order valence-electron chi connectivity index (χ4n) is 9.78. The van der Waals surface area contributed by atoms with Crippen molar-refractivity contribution < 1.29 is 131 Å². The molecule has 31 nitrogen and oxygen atoms in total. The van der Waals surface area contributed by atoms with Crippen molar-refractivity contribution in [2.75, 3.05) is 33.5 Å². The number of alkyl carbamates (subject to hydrolysis) is 1. The van der Waals surface area contributed by atoms with Crippen molar-refractivity contribution in [3.8, 4) is 0 Å². The average Bonchev–Trinajstić information content (AvgIpc) is 0.767. The van der Waals surface area contributed by atoms with Crippen LogP contribution in [0.3, 0.4) is 0 Å². The lowest BCUT2D eigenvalue weighted by atomic mass is 9.93. The lowest BCUT2D eigenvalue weighted by Gasteiger charge is -2.50. The normalized spacial score (nSPS) is 26.0. The van der Waals surface area contributed by atoms with E-state index >= 15 is 0 Å². The predicted molar refractivity (Wildman–Crippen MR) is 306 cm³/mol. The zero-order valence-corrected chi connectivity index (χ0v) is 50.9. The third-order valence-electron chi connectivity index (χ3n) is 13.6. The summed E-state index contributed by atoms with van der Waals surface area (Å²) < 4.78 is 123. The Morgan fingerprint density at radius 1 is 0.489 bits per heavy atom. The molecule has 3 amide bonds. The van der Waals surface area contributed by atoms with Crippen LogP contribution in [0.15, 0.2) is 121 Å². The molecule has 3 heterocycles. The Hall–Kier alpha value is -8.99. The van der Waals surface area contributed by atoms with Gasteiger partial charge in [-0.1, -0.05) is 84.9 Å². The van der Waals surface area contributed by atoms with Crippen LogP contribution in [0.25, 0.3) is 0 Å². The van der Waals surface area contributed by atoms with E-state index in [1.54, 1.807) is 48.5 Å². The van der Waals surface area contributed by atoms with Gasteiger partial charge in [0.2, 0.25) is 11.8 Å². The summed E-state index contributed by atoms with van der Waals surface area (Å²) in [7, 11) is -4.49. The van der Waals surface area contributed by atoms with Crippen molar-refractivity contribution in [2.45, 2.75) is 133 Å². The van der Waals surface area contributed by atoms with E-state index in [1.165, 1.54) is 72.8 Å². The van der Waals surface area contributed by atoms with Gasteiger partial charge < -0.3 is 82.3 Å². The Bertz CT molecular complexity index is 3310. The largest absolute Gasteiger partial charge is 0.467 e. The van der Waals surface area contributed by atoms with Crippen molar-refractivity contribution in [2.24, 2.45) is 0 Å². The fraction of sp³-hybridized carbons (Fsp3) is 0.433. The van der Waals surface area contributed by atoms with E-state index in [-0.39, 0.29) is 29.8 Å². The van der Waals surface area contributed by atoms with Gasteiger partial charge in [-0.3, -0.25) is 28.5 Å². The van der Waals surface area contributed by atoms with E-state index in [1.807, 2.05) is 0 Å². The van der Waals surface area contributed by atoms with Crippen LogP contribution in [0, 0.1) is 0 Å². The summed E-state index contributed by atoms with van der Waals surface area (Å²) in [4.78, 5) is 136. The van der Waals surface area contributed by atoms with Crippen LogP contribution in [-0.4, -0.2) is 198 Å². The molecule has 0 unspecified atom stereocenters. The third kappa shape index (κ3) is 20.3. The SMILES string of the molecule is COC(=O)[C@H]1O[C@@H](O[C@@H]2[C@@H](NC(C)=O)[C@H](OCCNC(=O)OCc3ccccc3)O[C@H](COS(=O)(=O)O)[C@@H]2OC(=O)c2ccccc2)[C@H](OC(=O)c2ccccc2)[C@@H](OC(=O)c2ccccc2)[C@@H]1O[C@@H]1O[C@H](COC(C)=O)[C@H](OC(C)=O)[C@H](OC(C)=O)[C@H]1NC(C)=O. The molecule has 0 saturated carbocycles. The van der Waals surface area contributed by atoms with E-state index in [9.17, 15) is 60.9 Å². The van der Waals surface area contributed by atoms with Gasteiger partial charge >= 0.3 is 58.3 Å². The first-order chi connectivity index (χ1) is 43.9. The van der Waals surface area contributed by atoms with Crippen LogP contribution in [0.5, 0.6) is 0 Å². The van der Waals surface area contributed by atoms with Crippen LogP contribution in [0.1, 0.15) is 71.3 Å². The highest BCUT2D eigenvalue weighted by atomic mass is 32.3. The Kier molecular flexibility index (Phi) is 25.6. The van der Waals surface area contributed by atoms with Gasteiger partial charge in [-0.2, -0.15) is 8.42 Å². The van der Waals surface area contributed by atoms with Crippen molar-refractivity contribution in [1.29, 1.82) is 0 Å². The second kappa shape index (κ2) is 33.4. The average molecular weight is 1310 g/mol. The van der Waals surface area contributed by atoms with Crippen molar-refractivity contribution >= 4 is 70.1 Å². The maximum Gasteiger partial charge on any atom is 0.407 e. The van der Waals surface area contributed by atoms with Crippen molar-refractivity contribution in [3.63, 3.8) is 0 Å². The number of carbonyl (C=O) groups is 10. The van der Waals surface area contributed by atoms with Gasteiger partial charge in [-0.25, -0.2) is 28.2 Å². The molecule has 15 atom stereocenters. The molecule has 4 N–H and O–H groups in total. The number of carbonyl (C=O) groups excluding carboxylic acids is 10. The summed E-state index contributed by atoms with van der Waals surface area (Å²) in [6, 6.07) is 26.4. The maximum atomic E-state index is 14.7. The van der Waals surface area contributed by atoms with Crippen LogP contribution in [0.2, 0.25) is 0 Å². The molecule has 32 heteroatoms. The molecule has 0 aromatic heterocycles. The summed E-state index contributed by atoms with van der Waals surface area (Å²) in [6.45, 7) is 2.12. The van der Waals surface area contributed by atoms with Gasteiger partial charge in [0.1, 0.15) is 49.7 Å². The molecule has 3 fully saturated rings. The minimum Gasteiger partial charge on any atom is -0.467 e. The Balaban J connectivity index is 1.40. The third-order valence-corrected chi connectivity index (χ3v) is 14.0. The highest BCUT2D eigenvalue weighted by Crippen LogP contribution is 2.38. The fourth-order valence-corrected chi connectivity index (χ4v) is 10.1. The first kappa shape index (κ1) is 70.5. The molecule has 4 aromatic carbocycles. The quantitative estimate of drug-likeness (QED) is 0.0302. The maximum absolute atomic E-state index is 14.7. The zero-order chi connectivity index (χ0) is 66.6. The summed E-state index contributed by atoms with van der Waals surface area (Å²) >= 11 is 0. The number of ether oxygens (including phenoxy) is 14. The highest BCUT2D eigenvalue weighted by molar-refractivity contribution is 7.80. The Morgan fingerprint density at radius 2 is 0.946 bits per heavy atom. The highest BCUT2D eigenvalue weighted by Gasteiger charge is 2.61. The first-order valence-corrected chi connectivity index (χ1v) is 29.6. The van der Waals surface area contributed by atoms with Gasteiger partial charge in [0.15, 0.2) is 55.5 Å².